The molecule has 0 fully saturated rings. The van der Waals surface area contributed by atoms with Gasteiger partial charge in [-0.15, -0.1) is 15.0 Å². The highest BCUT2D eigenvalue weighted by atomic mass is 19.4. The summed E-state index contributed by atoms with van der Waals surface area (Å²) in [6.45, 7) is 3.57. The maximum Gasteiger partial charge on any atom is 0.416 e. The summed E-state index contributed by atoms with van der Waals surface area (Å²) in [5.74, 6) is -0.141. The maximum absolute atomic E-state index is 12.7. The molecule has 29 heavy (non-hydrogen) atoms. The molecular weight excluding hydrogens is 385 g/mol. The predicted molar refractivity (Wildman–Crippen MR) is 98.8 cm³/mol. The first kappa shape index (κ1) is 20.5. The van der Waals surface area contributed by atoms with Crippen molar-refractivity contribution >= 4 is 5.97 Å². The molecule has 0 radical (unpaired) electrons. The van der Waals surface area contributed by atoms with E-state index in [1.165, 1.54) is 16.9 Å². The number of hydrogen-bond acceptors (Lipinski definition) is 5. The van der Waals surface area contributed by atoms with Gasteiger partial charge in [0.2, 0.25) is 5.82 Å². The summed E-state index contributed by atoms with van der Waals surface area (Å²) in [6, 6.07) is 11.6. The van der Waals surface area contributed by atoms with Crippen molar-refractivity contribution < 1.29 is 22.7 Å². The summed E-state index contributed by atoms with van der Waals surface area (Å²) in [4.78, 5) is 13.0. The number of ether oxygens (including phenoxy) is 1. The molecule has 0 N–H and O–H groups in total. The molecule has 6 nitrogen and oxygen atoms in total. The first-order chi connectivity index (χ1) is 13.8. The van der Waals surface area contributed by atoms with E-state index in [9.17, 15) is 18.0 Å². The Morgan fingerprint density at radius 3 is 2.48 bits per heavy atom. The standard InChI is InChI=1S/C20H19F3N4O2/c1-3-29-19(28)13(2)27-25-18(24-26-27)17-7-5-4-6-15(17)12-14-8-10-16(11-9-14)20(21,22)23/h4-11,13H,3,12H2,1-2H3. The van der Waals surface area contributed by atoms with E-state index in [1.54, 1.807) is 26.0 Å². The average molecular weight is 404 g/mol. The van der Waals surface area contributed by atoms with Gasteiger partial charge in [0.05, 0.1) is 12.2 Å². The Labute approximate surface area is 165 Å². The van der Waals surface area contributed by atoms with Crippen LogP contribution in [0.2, 0.25) is 0 Å². The lowest BCUT2D eigenvalue weighted by Crippen LogP contribution is -2.21. The van der Waals surface area contributed by atoms with Crippen molar-refractivity contribution in [3.63, 3.8) is 0 Å². The molecular formula is C20H19F3N4O2. The van der Waals surface area contributed by atoms with Crippen molar-refractivity contribution in [3.05, 3.63) is 65.2 Å². The number of esters is 1. The topological polar surface area (TPSA) is 69.9 Å². The van der Waals surface area contributed by atoms with E-state index in [0.29, 0.717) is 17.8 Å². The molecule has 2 aromatic carbocycles. The van der Waals surface area contributed by atoms with Crippen molar-refractivity contribution in [1.82, 2.24) is 20.2 Å². The van der Waals surface area contributed by atoms with E-state index in [4.69, 9.17) is 4.74 Å². The highest BCUT2D eigenvalue weighted by molar-refractivity contribution is 5.73. The second-order valence-electron chi connectivity index (χ2n) is 6.39. The quantitative estimate of drug-likeness (QED) is 0.579. The van der Waals surface area contributed by atoms with Crippen molar-refractivity contribution in [2.24, 2.45) is 0 Å². The van der Waals surface area contributed by atoms with Crippen LogP contribution in [0.5, 0.6) is 0 Å². The number of halogens is 3. The molecule has 0 bridgehead atoms. The van der Waals surface area contributed by atoms with Crippen molar-refractivity contribution in [1.29, 1.82) is 0 Å². The third-order valence-corrected chi connectivity index (χ3v) is 4.34. The number of rotatable bonds is 6. The normalized spacial score (nSPS) is 12.6. The highest BCUT2D eigenvalue weighted by Gasteiger charge is 2.30. The first-order valence-corrected chi connectivity index (χ1v) is 9.00. The fourth-order valence-electron chi connectivity index (χ4n) is 2.78. The minimum atomic E-state index is -4.37. The fourth-order valence-corrected chi connectivity index (χ4v) is 2.78. The minimum absolute atomic E-state index is 0.251. The van der Waals surface area contributed by atoms with Gasteiger partial charge >= 0.3 is 12.1 Å². The van der Waals surface area contributed by atoms with Crippen LogP contribution in [0.4, 0.5) is 13.2 Å². The monoisotopic (exact) mass is 404 g/mol. The molecule has 1 atom stereocenters. The number of aromatic nitrogens is 4. The fraction of sp³-hybridized carbons (Fsp3) is 0.300. The van der Waals surface area contributed by atoms with Gasteiger partial charge in [0.15, 0.2) is 6.04 Å². The molecule has 9 heteroatoms. The van der Waals surface area contributed by atoms with Crippen molar-refractivity contribution in [2.45, 2.75) is 32.5 Å². The summed E-state index contributed by atoms with van der Waals surface area (Å²) >= 11 is 0. The van der Waals surface area contributed by atoms with Gasteiger partial charge in [-0.2, -0.15) is 13.2 Å². The molecule has 1 heterocycles. The van der Waals surface area contributed by atoms with Crippen LogP contribution in [0.1, 0.15) is 36.6 Å². The van der Waals surface area contributed by atoms with Gasteiger partial charge in [-0.3, -0.25) is 0 Å². The molecule has 0 aliphatic heterocycles. The average Bonchev–Trinajstić information content (AvgIpc) is 3.17. The zero-order valence-corrected chi connectivity index (χ0v) is 15.8. The Morgan fingerprint density at radius 2 is 1.83 bits per heavy atom. The molecule has 0 saturated carbocycles. The lowest BCUT2D eigenvalue weighted by Gasteiger charge is -2.10. The molecule has 0 spiro atoms. The summed E-state index contributed by atoms with van der Waals surface area (Å²) in [5.41, 5.74) is 1.55. The van der Waals surface area contributed by atoms with Gasteiger partial charge in [-0.1, -0.05) is 36.4 Å². The van der Waals surface area contributed by atoms with E-state index >= 15 is 0 Å². The number of tetrazole rings is 1. The SMILES string of the molecule is CCOC(=O)C(C)n1nnc(-c2ccccc2Cc2ccc(C(F)(F)F)cc2)n1. The lowest BCUT2D eigenvalue weighted by atomic mass is 9.98. The van der Waals surface area contributed by atoms with E-state index in [-0.39, 0.29) is 6.61 Å². The lowest BCUT2D eigenvalue weighted by molar-refractivity contribution is -0.147. The summed E-state index contributed by atoms with van der Waals surface area (Å²) in [7, 11) is 0. The molecule has 3 rings (SSSR count). The Kier molecular flexibility index (Phi) is 5.95. The number of hydrogen-bond donors (Lipinski definition) is 0. The van der Waals surface area contributed by atoms with Crippen LogP contribution in [0.3, 0.4) is 0 Å². The number of nitrogens with zero attached hydrogens (tertiary/aromatic N) is 4. The van der Waals surface area contributed by atoms with Crippen molar-refractivity contribution in [2.75, 3.05) is 6.61 Å². The second kappa shape index (κ2) is 8.42. The van der Waals surface area contributed by atoms with E-state index < -0.39 is 23.8 Å². The first-order valence-electron chi connectivity index (χ1n) is 9.00. The molecule has 0 aliphatic carbocycles. The van der Waals surface area contributed by atoms with E-state index in [1.807, 2.05) is 12.1 Å². The Hall–Kier alpha value is -3.23. The van der Waals surface area contributed by atoms with Gasteiger partial charge in [-0.05, 0) is 48.7 Å². The Balaban J connectivity index is 1.84. The largest absolute Gasteiger partial charge is 0.464 e. The highest BCUT2D eigenvalue weighted by Crippen LogP contribution is 2.30. The van der Waals surface area contributed by atoms with Crippen LogP contribution in [0.25, 0.3) is 11.4 Å². The van der Waals surface area contributed by atoms with Crippen LogP contribution in [0, 0.1) is 0 Å². The number of carbonyl (C=O) groups excluding carboxylic acids is 1. The molecule has 3 aromatic rings. The predicted octanol–water partition coefficient (Wildman–Crippen LogP) is 4.07. The van der Waals surface area contributed by atoms with Gasteiger partial charge in [0.25, 0.3) is 0 Å². The summed E-state index contributed by atoms with van der Waals surface area (Å²) < 4.78 is 43.2. The third kappa shape index (κ3) is 4.79. The van der Waals surface area contributed by atoms with Crippen molar-refractivity contribution in [3.8, 4) is 11.4 Å². The van der Waals surface area contributed by atoms with Gasteiger partial charge in [0.1, 0.15) is 0 Å². The summed E-state index contributed by atoms with van der Waals surface area (Å²) in [5, 5.41) is 12.2. The zero-order chi connectivity index (χ0) is 21.0. The molecule has 0 amide bonds. The molecule has 1 aromatic heterocycles. The smallest absolute Gasteiger partial charge is 0.416 e. The second-order valence-corrected chi connectivity index (χ2v) is 6.39. The van der Waals surface area contributed by atoms with Crippen LogP contribution in [-0.4, -0.2) is 32.8 Å². The van der Waals surface area contributed by atoms with Gasteiger partial charge in [-0.25, -0.2) is 4.79 Å². The number of carbonyl (C=O) groups is 1. The molecule has 0 aliphatic rings. The third-order valence-electron chi connectivity index (χ3n) is 4.34. The van der Waals surface area contributed by atoms with E-state index in [0.717, 1.165) is 23.3 Å². The van der Waals surface area contributed by atoms with Crippen LogP contribution < -0.4 is 0 Å². The molecule has 0 saturated heterocycles. The maximum atomic E-state index is 12.7. The number of alkyl halides is 3. The van der Waals surface area contributed by atoms with E-state index in [2.05, 4.69) is 15.4 Å². The van der Waals surface area contributed by atoms with Crippen LogP contribution >= 0.6 is 0 Å². The molecule has 1 unspecified atom stereocenters. The minimum Gasteiger partial charge on any atom is -0.464 e. The zero-order valence-electron chi connectivity index (χ0n) is 15.8. The Morgan fingerprint density at radius 1 is 1.14 bits per heavy atom. The molecule has 152 valence electrons. The van der Waals surface area contributed by atoms with Crippen LogP contribution in [0.15, 0.2) is 48.5 Å². The summed E-state index contributed by atoms with van der Waals surface area (Å²) in [6.07, 6.45) is -3.97. The van der Waals surface area contributed by atoms with Gasteiger partial charge < -0.3 is 4.74 Å². The van der Waals surface area contributed by atoms with Gasteiger partial charge in [0, 0.05) is 5.56 Å². The Bertz CT molecular complexity index is 984. The number of benzene rings is 2. The van der Waals surface area contributed by atoms with Crippen LogP contribution in [-0.2, 0) is 22.1 Å².